The summed E-state index contributed by atoms with van der Waals surface area (Å²) in [6.07, 6.45) is 3.52. The van der Waals surface area contributed by atoms with Gasteiger partial charge in [-0.15, -0.1) is 0 Å². The molecule has 0 unspecified atom stereocenters. The highest BCUT2D eigenvalue weighted by molar-refractivity contribution is 6.30. The minimum absolute atomic E-state index is 0.722. The van der Waals surface area contributed by atoms with Crippen molar-refractivity contribution in [3.05, 3.63) is 39.9 Å². The summed E-state index contributed by atoms with van der Waals surface area (Å²) in [6, 6.07) is 5.68. The van der Waals surface area contributed by atoms with Crippen molar-refractivity contribution in [1.82, 2.24) is 0 Å². The quantitative estimate of drug-likeness (QED) is 0.604. The zero-order chi connectivity index (χ0) is 8.55. The summed E-state index contributed by atoms with van der Waals surface area (Å²) in [7, 11) is 0. The van der Waals surface area contributed by atoms with E-state index in [0.717, 1.165) is 34.4 Å². The Morgan fingerprint density at radius 1 is 1.42 bits per heavy atom. The first-order valence-electron chi connectivity index (χ1n) is 3.74. The number of halogens is 1. The topological polar surface area (TPSA) is 17.1 Å². The second kappa shape index (κ2) is 2.76. The molecular formula is C10H7ClO. The fourth-order valence-corrected chi connectivity index (χ4v) is 1.61. The molecule has 1 aliphatic carbocycles. The van der Waals surface area contributed by atoms with Gasteiger partial charge in [-0.3, -0.25) is 4.79 Å². The molecule has 12 heavy (non-hydrogen) atoms. The third-order valence-electron chi connectivity index (χ3n) is 1.99. The normalized spacial score (nSPS) is 13.9. The van der Waals surface area contributed by atoms with Gasteiger partial charge in [0.2, 0.25) is 0 Å². The van der Waals surface area contributed by atoms with Crippen LogP contribution in [0.4, 0.5) is 0 Å². The van der Waals surface area contributed by atoms with Gasteiger partial charge in [0.1, 0.15) is 6.29 Å². The Bertz CT molecular complexity index is 366. The van der Waals surface area contributed by atoms with Gasteiger partial charge in [-0.25, -0.2) is 0 Å². The Hall–Kier alpha value is -1.08. The molecule has 1 aromatic carbocycles. The monoisotopic (exact) mass is 178 g/mol. The summed E-state index contributed by atoms with van der Waals surface area (Å²) in [5, 5.41) is 0.731. The fraction of sp³-hybridized carbons (Fsp3) is 0.100. The van der Waals surface area contributed by atoms with E-state index in [1.54, 1.807) is 0 Å². The van der Waals surface area contributed by atoms with E-state index in [-0.39, 0.29) is 0 Å². The van der Waals surface area contributed by atoms with Crippen LogP contribution in [0.25, 0.3) is 6.08 Å². The first kappa shape index (κ1) is 7.56. The van der Waals surface area contributed by atoms with Crippen molar-refractivity contribution in [1.29, 1.82) is 0 Å². The molecule has 0 heterocycles. The number of allylic oxidation sites excluding steroid dienone is 1. The number of benzene rings is 1. The smallest absolute Gasteiger partial charge is 0.146 e. The third kappa shape index (κ3) is 1.16. The Labute approximate surface area is 75.7 Å². The number of hydrogen-bond donors (Lipinski definition) is 0. The van der Waals surface area contributed by atoms with Gasteiger partial charge < -0.3 is 0 Å². The van der Waals surface area contributed by atoms with E-state index in [1.165, 1.54) is 0 Å². The van der Waals surface area contributed by atoms with Crippen molar-refractivity contribution < 1.29 is 4.79 Å². The maximum atomic E-state index is 10.5. The second-order valence-electron chi connectivity index (χ2n) is 2.86. The highest BCUT2D eigenvalue weighted by Gasteiger charge is 2.11. The van der Waals surface area contributed by atoms with Crippen LogP contribution >= 0.6 is 11.6 Å². The van der Waals surface area contributed by atoms with Crippen molar-refractivity contribution in [3.63, 3.8) is 0 Å². The van der Waals surface area contributed by atoms with Crippen molar-refractivity contribution in [2.24, 2.45) is 0 Å². The molecule has 0 atom stereocenters. The molecule has 1 aliphatic rings. The van der Waals surface area contributed by atoms with E-state index in [0.29, 0.717) is 0 Å². The van der Waals surface area contributed by atoms with Gasteiger partial charge in [-0.1, -0.05) is 17.7 Å². The zero-order valence-corrected chi connectivity index (χ0v) is 7.14. The predicted molar refractivity (Wildman–Crippen MR) is 49.2 cm³/mol. The average molecular weight is 179 g/mol. The van der Waals surface area contributed by atoms with E-state index in [4.69, 9.17) is 11.6 Å². The minimum atomic E-state index is 0.722. The van der Waals surface area contributed by atoms with Crippen LogP contribution in [-0.2, 0) is 11.2 Å². The number of carbonyl (C=O) groups excluding carboxylic acids is 1. The van der Waals surface area contributed by atoms with Crippen LogP contribution in [0.2, 0.25) is 5.02 Å². The lowest BCUT2D eigenvalue weighted by Crippen LogP contribution is -1.84. The van der Waals surface area contributed by atoms with Gasteiger partial charge in [0.05, 0.1) is 0 Å². The van der Waals surface area contributed by atoms with Gasteiger partial charge in [0, 0.05) is 11.4 Å². The van der Waals surface area contributed by atoms with E-state index < -0.39 is 0 Å². The fourth-order valence-electron chi connectivity index (χ4n) is 1.41. The molecule has 0 aliphatic heterocycles. The molecule has 0 aromatic heterocycles. The Balaban J connectivity index is 2.46. The molecule has 1 nitrogen and oxygen atoms in total. The number of hydrogen-bond acceptors (Lipinski definition) is 1. The van der Waals surface area contributed by atoms with Crippen molar-refractivity contribution >= 4 is 24.0 Å². The zero-order valence-electron chi connectivity index (χ0n) is 6.38. The molecule has 0 bridgehead atoms. The average Bonchev–Trinajstić information content (AvgIpc) is 2.46. The molecular weight excluding hydrogens is 172 g/mol. The lowest BCUT2D eigenvalue weighted by Gasteiger charge is -1.97. The Morgan fingerprint density at radius 2 is 2.25 bits per heavy atom. The maximum absolute atomic E-state index is 10.5. The summed E-state index contributed by atoms with van der Waals surface area (Å²) in [5.41, 5.74) is 3.08. The number of carbonyl (C=O) groups is 1. The molecule has 0 radical (unpaired) electrons. The maximum Gasteiger partial charge on any atom is 0.146 e. The van der Waals surface area contributed by atoms with Crippen LogP contribution in [-0.4, -0.2) is 6.29 Å². The third-order valence-corrected chi connectivity index (χ3v) is 2.23. The van der Waals surface area contributed by atoms with E-state index in [1.807, 2.05) is 24.3 Å². The van der Waals surface area contributed by atoms with Crippen LogP contribution in [0, 0.1) is 0 Å². The Kier molecular flexibility index (Phi) is 1.74. The number of fused-ring (bicyclic) bond motifs is 1. The second-order valence-corrected chi connectivity index (χ2v) is 3.29. The molecule has 2 rings (SSSR count). The van der Waals surface area contributed by atoms with Gasteiger partial charge in [-0.05, 0) is 34.9 Å². The van der Waals surface area contributed by atoms with Gasteiger partial charge in [0.15, 0.2) is 0 Å². The standard InChI is InChI=1S/C10H7ClO/c11-10-2-1-8-3-7(6-12)4-9(8)5-10/h1-3,5-6H,4H2. The molecule has 0 amide bonds. The summed E-state index contributed by atoms with van der Waals surface area (Å²) in [5.74, 6) is 0. The van der Waals surface area contributed by atoms with Crippen LogP contribution in [0.5, 0.6) is 0 Å². The van der Waals surface area contributed by atoms with Gasteiger partial charge >= 0.3 is 0 Å². The van der Waals surface area contributed by atoms with Gasteiger partial charge in [0.25, 0.3) is 0 Å². The molecule has 1 aromatic rings. The first-order valence-corrected chi connectivity index (χ1v) is 4.11. The SMILES string of the molecule is O=CC1=Cc2ccc(Cl)cc2C1. The highest BCUT2D eigenvalue weighted by atomic mass is 35.5. The van der Waals surface area contributed by atoms with E-state index >= 15 is 0 Å². The van der Waals surface area contributed by atoms with Crippen molar-refractivity contribution in [3.8, 4) is 0 Å². The molecule has 60 valence electrons. The lowest BCUT2D eigenvalue weighted by atomic mass is 10.1. The lowest BCUT2D eigenvalue weighted by molar-refractivity contribution is -0.104. The first-order chi connectivity index (χ1) is 5.79. The summed E-state index contributed by atoms with van der Waals surface area (Å²) >= 11 is 5.80. The molecule has 0 saturated heterocycles. The van der Waals surface area contributed by atoms with Gasteiger partial charge in [-0.2, -0.15) is 0 Å². The van der Waals surface area contributed by atoms with Crippen LogP contribution in [0.3, 0.4) is 0 Å². The number of rotatable bonds is 1. The summed E-state index contributed by atoms with van der Waals surface area (Å²) in [6.45, 7) is 0. The predicted octanol–water partition coefficient (Wildman–Crippen LogP) is 2.48. The minimum Gasteiger partial charge on any atom is -0.298 e. The van der Waals surface area contributed by atoms with Crippen molar-refractivity contribution in [2.75, 3.05) is 0 Å². The summed E-state index contributed by atoms with van der Waals surface area (Å²) in [4.78, 5) is 10.5. The molecule has 0 fully saturated rings. The highest BCUT2D eigenvalue weighted by Crippen LogP contribution is 2.26. The van der Waals surface area contributed by atoms with E-state index in [2.05, 4.69) is 0 Å². The summed E-state index contributed by atoms with van der Waals surface area (Å²) < 4.78 is 0. The molecule has 0 saturated carbocycles. The molecule has 2 heteroatoms. The van der Waals surface area contributed by atoms with Crippen LogP contribution < -0.4 is 0 Å². The largest absolute Gasteiger partial charge is 0.298 e. The molecule has 0 N–H and O–H groups in total. The number of aldehydes is 1. The van der Waals surface area contributed by atoms with Crippen LogP contribution in [0.15, 0.2) is 23.8 Å². The Morgan fingerprint density at radius 3 is 3.00 bits per heavy atom. The molecule has 0 spiro atoms. The van der Waals surface area contributed by atoms with Crippen LogP contribution in [0.1, 0.15) is 11.1 Å². The van der Waals surface area contributed by atoms with E-state index in [9.17, 15) is 4.79 Å². The van der Waals surface area contributed by atoms with Crippen molar-refractivity contribution in [2.45, 2.75) is 6.42 Å².